The van der Waals surface area contributed by atoms with Crippen molar-refractivity contribution in [2.45, 2.75) is 18.6 Å². The van der Waals surface area contributed by atoms with Crippen LogP contribution in [0.5, 0.6) is 0 Å². The zero-order valence-electron chi connectivity index (χ0n) is 13.5. The van der Waals surface area contributed by atoms with Gasteiger partial charge in [-0.1, -0.05) is 12.1 Å². The van der Waals surface area contributed by atoms with E-state index < -0.39 is 11.9 Å². The lowest BCUT2D eigenvalue weighted by molar-refractivity contribution is -0.141. The second-order valence-corrected chi connectivity index (χ2v) is 5.90. The number of rotatable bonds is 3. The predicted molar refractivity (Wildman–Crippen MR) is 87.1 cm³/mol. The van der Waals surface area contributed by atoms with E-state index in [4.69, 9.17) is 0 Å². The minimum atomic E-state index is -4.48. The summed E-state index contributed by atoms with van der Waals surface area (Å²) in [7, 11) is 1.46. The Labute approximate surface area is 142 Å². The summed E-state index contributed by atoms with van der Waals surface area (Å²) in [4.78, 5) is 11.9. The average Bonchev–Trinajstić information content (AvgIpc) is 3.17. The van der Waals surface area contributed by atoms with Crippen molar-refractivity contribution in [2.24, 2.45) is 7.05 Å². The predicted octanol–water partition coefficient (Wildman–Crippen LogP) is 2.59. The molecule has 0 spiro atoms. The Morgan fingerprint density at radius 2 is 2.04 bits per heavy atom. The highest BCUT2D eigenvalue weighted by atomic mass is 19.4. The van der Waals surface area contributed by atoms with Gasteiger partial charge in [0.25, 0.3) is 0 Å². The van der Waals surface area contributed by atoms with E-state index in [2.05, 4.69) is 21.0 Å². The average molecular weight is 353 g/mol. The second kappa shape index (κ2) is 6.75. The summed E-state index contributed by atoms with van der Waals surface area (Å²) in [6, 6.07) is 7.37. The van der Waals surface area contributed by atoms with Crippen LogP contribution in [0.2, 0.25) is 0 Å². The minimum absolute atomic E-state index is 0.106. The van der Waals surface area contributed by atoms with Gasteiger partial charge in [0.1, 0.15) is 0 Å². The largest absolute Gasteiger partial charge is 0.435 e. The SMILES string of the molecule is Cn1nc(C(F)(F)F)cc1-c1ccc(NC(=O)NC2CCNC2)cc1. The van der Waals surface area contributed by atoms with E-state index in [0.717, 1.165) is 25.6 Å². The molecule has 3 rings (SSSR count). The number of carbonyl (C=O) groups is 1. The normalized spacial score (nSPS) is 17.5. The van der Waals surface area contributed by atoms with Crippen LogP contribution in [0.1, 0.15) is 12.1 Å². The number of benzene rings is 1. The maximum Gasteiger partial charge on any atom is 0.435 e. The molecular weight excluding hydrogens is 335 g/mol. The van der Waals surface area contributed by atoms with E-state index >= 15 is 0 Å². The summed E-state index contributed by atoms with van der Waals surface area (Å²) in [5.74, 6) is 0. The Kier molecular flexibility index (Phi) is 4.67. The van der Waals surface area contributed by atoms with Crippen molar-refractivity contribution in [3.8, 4) is 11.3 Å². The molecule has 1 aliphatic rings. The van der Waals surface area contributed by atoms with Crippen molar-refractivity contribution in [2.75, 3.05) is 18.4 Å². The van der Waals surface area contributed by atoms with Gasteiger partial charge in [0.15, 0.2) is 5.69 Å². The van der Waals surface area contributed by atoms with Crippen LogP contribution in [-0.4, -0.2) is 34.9 Å². The fourth-order valence-electron chi connectivity index (χ4n) is 2.73. The number of urea groups is 1. The number of hydrogen-bond acceptors (Lipinski definition) is 3. The van der Waals surface area contributed by atoms with E-state index in [0.29, 0.717) is 16.9 Å². The van der Waals surface area contributed by atoms with Crippen LogP contribution in [0, 0.1) is 0 Å². The number of carbonyl (C=O) groups excluding carboxylic acids is 1. The molecular formula is C16H18F3N5O. The number of aryl methyl sites for hydroxylation is 1. The Morgan fingerprint density at radius 3 is 2.60 bits per heavy atom. The molecule has 1 aliphatic heterocycles. The van der Waals surface area contributed by atoms with Crippen LogP contribution in [-0.2, 0) is 13.2 Å². The highest BCUT2D eigenvalue weighted by Crippen LogP contribution is 2.31. The number of anilines is 1. The molecule has 1 aromatic carbocycles. The Bertz CT molecular complexity index is 748. The first kappa shape index (κ1) is 17.3. The lowest BCUT2D eigenvalue weighted by Gasteiger charge is -2.12. The molecule has 2 heterocycles. The highest BCUT2D eigenvalue weighted by molar-refractivity contribution is 5.89. The van der Waals surface area contributed by atoms with Gasteiger partial charge in [-0.2, -0.15) is 18.3 Å². The van der Waals surface area contributed by atoms with Crippen LogP contribution in [0.3, 0.4) is 0 Å². The second-order valence-electron chi connectivity index (χ2n) is 5.90. The van der Waals surface area contributed by atoms with Crippen LogP contribution in [0.4, 0.5) is 23.7 Å². The van der Waals surface area contributed by atoms with Crippen molar-refractivity contribution in [3.05, 3.63) is 36.0 Å². The Balaban J connectivity index is 1.68. The third-order valence-electron chi connectivity index (χ3n) is 4.00. The molecule has 25 heavy (non-hydrogen) atoms. The molecule has 1 aromatic heterocycles. The zero-order valence-corrected chi connectivity index (χ0v) is 13.5. The molecule has 0 radical (unpaired) electrons. The molecule has 1 saturated heterocycles. The monoisotopic (exact) mass is 353 g/mol. The van der Waals surface area contributed by atoms with Crippen LogP contribution in [0.25, 0.3) is 11.3 Å². The van der Waals surface area contributed by atoms with E-state index in [1.54, 1.807) is 24.3 Å². The third-order valence-corrected chi connectivity index (χ3v) is 4.00. The summed E-state index contributed by atoms with van der Waals surface area (Å²) >= 11 is 0. The quantitative estimate of drug-likeness (QED) is 0.794. The maximum atomic E-state index is 12.7. The van der Waals surface area contributed by atoms with Gasteiger partial charge in [0.05, 0.1) is 5.69 Å². The van der Waals surface area contributed by atoms with Crippen molar-refractivity contribution in [1.82, 2.24) is 20.4 Å². The number of nitrogens with zero attached hydrogens (tertiary/aromatic N) is 2. The summed E-state index contributed by atoms with van der Waals surface area (Å²) in [5, 5.41) is 12.2. The molecule has 0 saturated carbocycles. The first-order valence-corrected chi connectivity index (χ1v) is 7.83. The van der Waals surface area contributed by atoms with Crippen LogP contribution >= 0.6 is 0 Å². The lowest BCUT2D eigenvalue weighted by Crippen LogP contribution is -2.39. The standard InChI is InChI=1S/C16H18F3N5O/c1-24-13(8-14(23-24)16(17,18)19)10-2-4-11(5-3-10)21-15(25)22-12-6-7-20-9-12/h2-5,8,12,20H,6-7,9H2,1H3,(H2,21,22,25). The van der Waals surface area contributed by atoms with E-state index in [1.165, 1.54) is 11.7 Å². The van der Waals surface area contributed by atoms with Gasteiger partial charge < -0.3 is 16.0 Å². The molecule has 2 aromatic rings. The first-order chi connectivity index (χ1) is 11.8. The van der Waals surface area contributed by atoms with Crippen molar-refractivity contribution in [3.63, 3.8) is 0 Å². The number of halogens is 3. The fourth-order valence-corrected chi connectivity index (χ4v) is 2.73. The number of alkyl halides is 3. The zero-order chi connectivity index (χ0) is 18.0. The summed E-state index contributed by atoms with van der Waals surface area (Å²) < 4.78 is 39.4. The number of nitrogens with one attached hydrogen (secondary N) is 3. The first-order valence-electron chi connectivity index (χ1n) is 7.83. The van der Waals surface area contributed by atoms with Crippen LogP contribution < -0.4 is 16.0 Å². The van der Waals surface area contributed by atoms with E-state index in [9.17, 15) is 18.0 Å². The molecule has 0 aliphatic carbocycles. The molecule has 3 N–H and O–H groups in total. The van der Waals surface area contributed by atoms with Crippen LogP contribution in [0.15, 0.2) is 30.3 Å². The van der Waals surface area contributed by atoms with Gasteiger partial charge in [-0.3, -0.25) is 4.68 Å². The van der Waals surface area contributed by atoms with E-state index in [-0.39, 0.29) is 12.1 Å². The molecule has 2 amide bonds. The summed E-state index contributed by atoms with van der Waals surface area (Å²) in [6.45, 7) is 1.62. The molecule has 1 unspecified atom stereocenters. The van der Waals surface area contributed by atoms with Gasteiger partial charge in [-0.25, -0.2) is 4.79 Å². The maximum absolute atomic E-state index is 12.7. The summed E-state index contributed by atoms with van der Waals surface area (Å²) in [5.41, 5.74) is 0.555. The van der Waals surface area contributed by atoms with Gasteiger partial charge in [0.2, 0.25) is 0 Å². The molecule has 134 valence electrons. The number of hydrogen-bond donors (Lipinski definition) is 3. The van der Waals surface area contributed by atoms with Crippen molar-refractivity contribution >= 4 is 11.7 Å². The smallest absolute Gasteiger partial charge is 0.334 e. The van der Waals surface area contributed by atoms with Gasteiger partial charge in [-0.05, 0) is 36.7 Å². The molecule has 6 nitrogen and oxygen atoms in total. The Hall–Kier alpha value is -2.55. The Morgan fingerprint density at radius 1 is 1.32 bits per heavy atom. The lowest BCUT2D eigenvalue weighted by atomic mass is 10.1. The number of aromatic nitrogens is 2. The van der Waals surface area contributed by atoms with Gasteiger partial charge in [0, 0.05) is 25.3 Å². The topological polar surface area (TPSA) is 71.0 Å². The van der Waals surface area contributed by atoms with Gasteiger partial charge >= 0.3 is 12.2 Å². The summed E-state index contributed by atoms with van der Waals surface area (Å²) in [6.07, 6.45) is -3.60. The minimum Gasteiger partial charge on any atom is -0.334 e. The van der Waals surface area contributed by atoms with E-state index in [1.807, 2.05) is 0 Å². The molecule has 0 bridgehead atoms. The van der Waals surface area contributed by atoms with Gasteiger partial charge in [-0.15, -0.1) is 0 Å². The molecule has 1 fully saturated rings. The fraction of sp³-hybridized carbons (Fsp3) is 0.375. The third kappa shape index (κ3) is 4.11. The number of amides is 2. The highest BCUT2D eigenvalue weighted by Gasteiger charge is 2.34. The molecule has 9 heteroatoms. The molecule has 1 atom stereocenters. The van der Waals surface area contributed by atoms with Crippen molar-refractivity contribution < 1.29 is 18.0 Å². The van der Waals surface area contributed by atoms with Crippen molar-refractivity contribution in [1.29, 1.82) is 0 Å².